The SMILES string of the molecule is CC(C(I)C(C)(C)CCC(C)C(C)(I)[C@@H](C)C(F)(F)F)C(F)(F)F. The molecule has 0 spiro atoms. The van der Waals surface area contributed by atoms with Crippen LogP contribution in [-0.2, 0) is 0 Å². The quantitative estimate of drug-likeness (QED) is 0.162. The zero-order chi connectivity index (χ0) is 19.7. The third kappa shape index (κ3) is 6.64. The normalized spacial score (nSPS) is 21.8. The van der Waals surface area contributed by atoms with E-state index in [4.69, 9.17) is 0 Å². The molecule has 0 aliphatic carbocycles. The largest absolute Gasteiger partial charge is 0.392 e. The lowest BCUT2D eigenvalue weighted by atomic mass is 9.74. The number of hydrogen-bond acceptors (Lipinski definition) is 0. The Hall–Kier alpha value is 1.04. The molecule has 24 heavy (non-hydrogen) atoms. The van der Waals surface area contributed by atoms with Crippen LogP contribution in [0.25, 0.3) is 0 Å². The molecule has 0 rings (SSSR count). The first-order chi connectivity index (χ1) is 10.3. The smallest absolute Gasteiger partial charge is 0.171 e. The molecule has 0 aromatic carbocycles. The molecule has 0 heterocycles. The lowest BCUT2D eigenvalue weighted by Gasteiger charge is -2.40. The highest BCUT2D eigenvalue weighted by atomic mass is 127. The second kappa shape index (κ2) is 8.37. The van der Waals surface area contributed by atoms with Gasteiger partial charge in [0.05, 0.1) is 11.8 Å². The Morgan fingerprint density at radius 3 is 1.58 bits per heavy atom. The molecule has 0 radical (unpaired) electrons. The maximum Gasteiger partial charge on any atom is 0.392 e. The van der Waals surface area contributed by atoms with Gasteiger partial charge in [-0.15, -0.1) is 0 Å². The molecular weight excluding hydrogens is 560 g/mol. The zero-order valence-corrected chi connectivity index (χ0v) is 19.1. The minimum absolute atomic E-state index is 0.265. The second-order valence-electron chi connectivity index (χ2n) is 7.57. The first kappa shape index (κ1) is 25.0. The summed E-state index contributed by atoms with van der Waals surface area (Å²) in [5.74, 6) is -3.20. The molecule has 0 aliphatic rings. The van der Waals surface area contributed by atoms with Gasteiger partial charge in [0.15, 0.2) is 0 Å². The topological polar surface area (TPSA) is 0 Å². The van der Waals surface area contributed by atoms with Crippen molar-refractivity contribution in [2.24, 2.45) is 23.2 Å². The third-order valence-corrected chi connectivity index (χ3v) is 9.99. The Morgan fingerprint density at radius 1 is 0.833 bits per heavy atom. The number of halogens is 8. The number of alkyl halides is 8. The monoisotopic (exact) mass is 586 g/mol. The molecule has 0 saturated heterocycles. The number of rotatable bonds is 7. The fourth-order valence-electron chi connectivity index (χ4n) is 2.60. The highest BCUT2D eigenvalue weighted by Crippen LogP contribution is 2.48. The van der Waals surface area contributed by atoms with Crippen LogP contribution in [0.4, 0.5) is 26.3 Å². The van der Waals surface area contributed by atoms with Crippen LogP contribution in [-0.4, -0.2) is 19.7 Å². The summed E-state index contributed by atoms with van der Waals surface area (Å²) in [5, 5.41) is 0. The van der Waals surface area contributed by atoms with Gasteiger partial charge in [-0.2, -0.15) is 26.3 Å². The van der Waals surface area contributed by atoms with Crippen molar-refractivity contribution in [3.05, 3.63) is 0 Å². The first-order valence-electron chi connectivity index (χ1n) is 7.81. The van der Waals surface area contributed by atoms with E-state index < -0.39 is 36.9 Å². The predicted molar refractivity (Wildman–Crippen MR) is 103 cm³/mol. The second-order valence-corrected chi connectivity index (χ2v) is 11.2. The molecule has 0 nitrogen and oxygen atoms in total. The summed E-state index contributed by atoms with van der Waals surface area (Å²) in [7, 11) is 0. The molecule has 0 aromatic heterocycles. The summed E-state index contributed by atoms with van der Waals surface area (Å²) in [6, 6.07) is 0. The molecule has 0 amide bonds. The summed E-state index contributed by atoms with van der Waals surface area (Å²) in [6.45, 7) is 9.17. The van der Waals surface area contributed by atoms with Gasteiger partial charge in [-0.3, -0.25) is 0 Å². The summed E-state index contributed by atoms with van der Waals surface area (Å²) < 4.78 is 76.2. The average molecular weight is 586 g/mol. The molecule has 5 atom stereocenters. The van der Waals surface area contributed by atoms with Crippen molar-refractivity contribution in [2.45, 2.75) is 74.1 Å². The van der Waals surface area contributed by atoms with Crippen molar-refractivity contribution in [1.29, 1.82) is 0 Å². The van der Waals surface area contributed by atoms with Crippen LogP contribution >= 0.6 is 45.2 Å². The van der Waals surface area contributed by atoms with E-state index in [0.717, 1.165) is 6.92 Å². The lowest BCUT2D eigenvalue weighted by Crippen LogP contribution is -2.43. The molecule has 4 unspecified atom stereocenters. The fraction of sp³-hybridized carbons (Fsp3) is 1.00. The van der Waals surface area contributed by atoms with Gasteiger partial charge in [-0.1, -0.05) is 79.8 Å². The maximum atomic E-state index is 13.0. The van der Waals surface area contributed by atoms with E-state index in [1.54, 1.807) is 27.7 Å². The fourth-order valence-corrected chi connectivity index (χ4v) is 3.98. The first-order valence-corrected chi connectivity index (χ1v) is 10.1. The molecule has 0 bridgehead atoms. The third-order valence-electron chi connectivity index (χ3n) is 5.22. The van der Waals surface area contributed by atoms with Gasteiger partial charge >= 0.3 is 12.4 Å². The minimum atomic E-state index is -4.28. The van der Waals surface area contributed by atoms with Crippen LogP contribution in [0.2, 0.25) is 0 Å². The standard InChI is InChI=1S/C16H26F6I2/c1-9(14(6,24)11(3)16(20,21)22)7-8-13(4,5)12(23)10(2)15(17,18)19/h9-12H,7-8H2,1-6H3/t9?,10?,11-,12?,14?/m1/s1. The Labute approximate surface area is 168 Å². The van der Waals surface area contributed by atoms with Crippen molar-refractivity contribution < 1.29 is 26.3 Å². The van der Waals surface area contributed by atoms with E-state index in [2.05, 4.69) is 0 Å². The van der Waals surface area contributed by atoms with Crippen LogP contribution in [0.15, 0.2) is 0 Å². The molecular formula is C16H26F6I2. The van der Waals surface area contributed by atoms with Gasteiger partial charge in [0.2, 0.25) is 0 Å². The molecule has 0 N–H and O–H groups in total. The Bertz CT molecular complexity index is 400. The van der Waals surface area contributed by atoms with E-state index in [1.165, 1.54) is 6.92 Å². The summed E-state index contributed by atoms with van der Waals surface area (Å²) in [6.07, 6.45) is -7.64. The summed E-state index contributed by atoms with van der Waals surface area (Å²) >= 11 is 3.67. The molecule has 8 heteroatoms. The van der Waals surface area contributed by atoms with Gasteiger partial charge in [-0.05, 0) is 31.1 Å². The van der Waals surface area contributed by atoms with Crippen LogP contribution in [0.3, 0.4) is 0 Å². The predicted octanol–water partition coefficient (Wildman–Crippen LogP) is 7.82. The molecule has 146 valence electrons. The van der Waals surface area contributed by atoms with Crippen LogP contribution in [0, 0.1) is 23.2 Å². The van der Waals surface area contributed by atoms with Crippen molar-refractivity contribution in [3.8, 4) is 0 Å². The van der Waals surface area contributed by atoms with Gasteiger partial charge in [0.1, 0.15) is 0 Å². The number of hydrogen-bond donors (Lipinski definition) is 0. The van der Waals surface area contributed by atoms with E-state index >= 15 is 0 Å². The van der Waals surface area contributed by atoms with Gasteiger partial charge in [-0.25, -0.2) is 0 Å². The van der Waals surface area contributed by atoms with Crippen LogP contribution in [0.1, 0.15) is 54.4 Å². The molecule has 0 fully saturated rings. The molecule has 0 aromatic rings. The van der Waals surface area contributed by atoms with Gasteiger partial charge < -0.3 is 0 Å². The highest BCUT2D eigenvalue weighted by Gasteiger charge is 2.50. The maximum absolute atomic E-state index is 13.0. The molecule has 0 aliphatic heterocycles. The summed E-state index contributed by atoms with van der Waals surface area (Å²) in [5.41, 5.74) is -0.613. The van der Waals surface area contributed by atoms with Crippen molar-refractivity contribution in [3.63, 3.8) is 0 Å². The van der Waals surface area contributed by atoms with E-state index in [1.807, 2.05) is 45.2 Å². The van der Waals surface area contributed by atoms with E-state index in [-0.39, 0.29) is 5.92 Å². The average Bonchev–Trinajstić information content (AvgIpc) is 2.39. The van der Waals surface area contributed by atoms with Crippen LogP contribution in [0.5, 0.6) is 0 Å². The lowest BCUT2D eigenvalue weighted by molar-refractivity contribution is -0.179. The van der Waals surface area contributed by atoms with Crippen molar-refractivity contribution in [1.82, 2.24) is 0 Å². The van der Waals surface area contributed by atoms with Gasteiger partial charge in [0.25, 0.3) is 0 Å². The Kier molecular flexibility index (Phi) is 8.74. The Morgan fingerprint density at radius 2 is 1.25 bits per heavy atom. The van der Waals surface area contributed by atoms with Crippen molar-refractivity contribution >= 4 is 45.2 Å². The van der Waals surface area contributed by atoms with Gasteiger partial charge in [0, 0.05) is 7.35 Å². The van der Waals surface area contributed by atoms with Crippen LogP contribution < -0.4 is 0 Å². The highest BCUT2D eigenvalue weighted by molar-refractivity contribution is 14.1. The van der Waals surface area contributed by atoms with E-state index in [0.29, 0.717) is 12.8 Å². The van der Waals surface area contributed by atoms with E-state index in [9.17, 15) is 26.3 Å². The Balaban J connectivity index is 4.99. The zero-order valence-electron chi connectivity index (χ0n) is 14.7. The summed E-state index contributed by atoms with van der Waals surface area (Å²) in [4.78, 5) is 0. The van der Waals surface area contributed by atoms with Crippen molar-refractivity contribution in [2.75, 3.05) is 0 Å². The molecule has 0 saturated carbocycles. The minimum Gasteiger partial charge on any atom is -0.171 e.